The van der Waals surface area contributed by atoms with Crippen LogP contribution in [0.25, 0.3) is 0 Å². The largest absolute Gasteiger partial charge is 0.459 e. The molecule has 0 bridgehead atoms. The number of aliphatic hydroxyl groups excluding tert-OH is 3. The van der Waals surface area contributed by atoms with Crippen molar-refractivity contribution in [1.29, 1.82) is 0 Å². The Kier molecular flexibility index (Phi) is 5.24. The van der Waals surface area contributed by atoms with E-state index in [1.54, 1.807) is 0 Å². The fourth-order valence-corrected chi connectivity index (χ4v) is 1.53. The molecule has 0 aliphatic carbocycles. The van der Waals surface area contributed by atoms with Gasteiger partial charge in [-0.2, -0.15) is 0 Å². The number of carbonyl (C=O) groups is 1. The summed E-state index contributed by atoms with van der Waals surface area (Å²) >= 11 is 0. The van der Waals surface area contributed by atoms with Gasteiger partial charge in [-0.1, -0.05) is 6.58 Å². The highest BCUT2D eigenvalue weighted by Crippen LogP contribution is 2.22. The summed E-state index contributed by atoms with van der Waals surface area (Å²) in [4.78, 5) is 11.2. The van der Waals surface area contributed by atoms with Crippen molar-refractivity contribution in [2.45, 2.75) is 37.6 Å². The Hall–Kier alpha value is -0.990. The molecular weight excluding hydrogens is 244 g/mol. The van der Waals surface area contributed by atoms with Crippen LogP contribution in [0.3, 0.4) is 0 Å². The second-order valence-electron chi connectivity index (χ2n) is 4.13. The third-order valence-electron chi connectivity index (χ3n) is 2.63. The molecule has 7 heteroatoms. The smallest absolute Gasteiger partial charge is 0.333 e. The van der Waals surface area contributed by atoms with Crippen molar-refractivity contribution in [3.05, 3.63) is 12.2 Å². The van der Waals surface area contributed by atoms with E-state index in [4.69, 9.17) is 14.2 Å². The molecule has 1 rings (SSSR count). The van der Waals surface area contributed by atoms with Crippen LogP contribution in [0.5, 0.6) is 0 Å². The molecule has 3 N–H and O–H groups in total. The quantitative estimate of drug-likeness (QED) is 0.421. The van der Waals surface area contributed by atoms with Gasteiger partial charge >= 0.3 is 5.97 Å². The molecule has 5 atom stereocenters. The lowest BCUT2D eigenvalue weighted by molar-refractivity contribution is -0.295. The lowest BCUT2D eigenvalue weighted by Gasteiger charge is -2.39. The van der Waals surface area contributed by atoms with Crippen molar-refractivity contribution < 1.29 is 34.3 Å². The zero-order chi connectivity index (χ0) is 13.9. The standard InChI is InChI=1S/C11H18O7/c1-5(2)10(15)17-4-6-7(12)8(13)9(14)11(16-3)18-6/h6-9,11-14H,1,4H2,2-3H3/t6-,7-,8+,9-,11+/m1/s1. The minimum Gasteiger partial charge on any atom is -0.459 e. The molecule has 0 aromatic carbocycles. The van der Waals surface area contributed by atoms with Gasteiger partial charge in [-0.3, -0.25) is 0 Å². The highest BCUT2D eigenvalue weighted by molar-refractivity contribution is 5.86. The molecule has 1 aliphatic rings. The zero-order valence-corrected chi connectivity index (χ0v) is 10.3. The number of aliphatic hydroxyl groups is 3. The van der Waals surface area contributed by atoms with Gasteiger partial charge in [-0.05, 0) is 6.92 Å². The highest BCUT2D eigenvalue weighted by Gasteiger charge is 2.44. The van der Waals surface area contributed by atoms with Gasteiger partial charge in [-0.25, -0.2) is 4.79 Å². The lowest BCUT2D eigenvalue weighted by atomic mass is 9.99. The molecule has 1 saturated heterocycles. The van der Waals surface area contributed by atoms with Gasteiger partial charge in [0.05, 0.1) is 0 Å². The Morgan fingerprint density at radius 1 is 1.28 bits per heavy atom. The number of carbonyl (C=O) groups excluding carboxylic acids is 1. The van der Waals surface area contributed by atoms with Crippen LogP contribution in [0, 0.1) is 0 Å². The van der Waals surface area contributed by atoms with Gasteiger partial charge in [0.15, 0.2) is 6.29 Å². The Labute approximate surface area is 105 Å². The van der Waals surface area contributed by atoms with Crippen molar-refractivity contribution in [3.8, 4) is 0 Å². The topological polar surface area (TPSA) is 105 Å². The Bertz CT molecular complexity index is 315. The van der Waals surface area contributed by atoms with Crippen LogP contribution in [-0.2, 0) is 19.0 Å². The van der Waals surface area contributed by atoms with Crippen molar-refractivity contribution in [2.24, 2.45) is 0 Å². The van der Waals surface area contributed by atoms with Crippen LogP contribution < -0.4 is 0 Å². The molecule has 7 nitrogen and oxygen atoms in total. The third kappa shape index (κ3) is 3.27. The fraction of sp³-hybridized carbons (Fsp3) is 0.727. The molecule has 104 valence electrons. The van der Waals surface area contributed by atoms with E-state index in [1.807, 2.05) is 0 Å². The summed E-state index contributed by atoms with van der Waals surface area (Å²) in [7, 11) is 1.29. The lowest BCUT2D eigenvalue weighted by Crippen LogP contribution is -2.59. The summed E-state index contributed by atoms with van der Waals surface area (Å²) < 4.78 is 14.8. The maximum absolute atomic E-state index is 11.2. The van der Waals surface area contributed by atoms with E-state index in [-0.39, 0.29) is 12.2 Å². The highest BCUT2D eigenvalue weighted by atomic mass is 16.7. The molecule has 0 aromatic rings. The maximum Gasteiger partial charge on any atom is 0.333 e. The van der Waals surface area contributed by atoms with E-state index in [2.05, 4.69) is 6.58 Å². The van der Waals surface area contributed by atoms with Crippen LogP contribution in [0.15, 0.2) is 12.2 Å². The van der Waals surface area contributed by atoms with Gasteiger partial charge in [-0.15, -0.1) is 0 Å². The fourth-order valence-electron chi connectivity index (χ4n) is 1.53. The number of hydrogen-bond acceptors (Lipinski definition) is 7. The minimum absolute atomic E-state index is 0.212. The summed E-state index contributed by atoms with van der Waals surface area (Å²) in [6, 6.07) is 0. The number of ether oxygens (including phenoxy) is 3. The summed E-state index contributed by atoms with van der Waals surface area (Å²) in [6.45, 7) is 4.62. The van der Waals surface area contributed by atoms with Gasteiger partial charge in [0.1, 0.15) is 31.0 Å². The molecule has 0 spiro atoms. The molecule has 1 aliphatic heterocycles. The summed E-state index contributed by atoms with van der Waals surface area (Å²) in [6.07, 6.45) is -6.23. The van der Waals surface area contributed by atoms with Crippen molar-refractivity contribution in [3.63, 3.8) is 0 Å². The second-order valence-corrected chi connectivity index (χ2v) is 4.13. The number of esters is 1. The molecular formula is C11H18O7. The van der Waals surface area contributed by atoms with E-state index in [1.165, 1.54) is 14.0 Å². The predicted octanol–water partition coefficient (Wildman–Crippen LogP) is -1.44. The zero-order valence-electron chi connectivity index (χ0n) is 10.3. The van der Waals surface area contributed by atoms with Crippen molar-refractivity contribution >= 4 is 5.97 Å². The van der Waals surface area contributed by atoms with Crippen LogP contribution >= 0.6 is 0 Å². The third-order valence-corrected chi connectivity index (χ3v) is 2.63. The molecule has 0 unspecified atom stereocenters. The van der Waals surface area contributed by atoms with E-state index in [0.717, 1.165) is 0 Å². The van der Waals surface area contributed by atoms with Crippen LogP contribution in [0.2, 0.25) is 0 Å². The first-order valence-electron chi connectivity index (χ1n) is 5.43. The molecule has 1 fully saturated rings. The van der Waals surface area contributed by atoms with Gasteiger partial charge < -0.3 is 29.5 Å². The van der Waals surface area contributed by atoms with E-state index >= 15 is 0 Å². The number of rotatable bonds is 4. The second kappa shape index (κ2) is 6.26. The van der Waals surface area contributed by atoms with Gasteiger partial charge in [0, 0.05) is 12.7 Å². The predicted molar refractivity (Wildman–Crippen MR) is 59.5 cm³/mol. The first-order valence-corrected chi connectivity index (χ1v) is 5.43. The van der Waals surface area contributed by atoms with Gasteiger partial charge in [0.2, 0.25) is 0 Å². The molecule has 0 aromatic heterocycles. The van der Waals surface area contributed by atoms with Crippen LogP contribution in [-0.4, -0.2) is 65.7 Å². The number of methoxy groups -OCH3 is 1. The summed E-state index contributed by atoms with van der Waals surface area (Å²) in [5.41, 5.74) is 0.212. The Balaban J connectivity index is 2.59. The van der Waals surface area contributed by atoms with Crippen molar-refractivity contribution in [2.75, 3.05) is 13.7 Å². The minimum atomic E-state index is -1.43. The average molecular weight is 262 g/mol. The first-order chi connectivity index (χ1) is 8.38. The maximum atomic E-state index is 11.2. The van der Waals surface area contributed by atoms with E-state index in [0.29, 0.717) is 0 Å². The molecule has 0 radical (unpaired) electrons. The first kappa shape index (κ1) is 15.1. The molecule has 0 saturated carbocycles. The Morgan fingerprint density at radius 3 is 2.39 bits per heavy atom. The Morgan fingerprint density at radius 2 is 1.89 bits per heavy atom. The van der Waals surface area contributed by atoms with E-state index in [9.17, 15) is 20.1 Å². The van der Waals surface area contributed by atoms with Crippen LogP contribution in [0.1, 0.15) is 6.92 Å². The average Bonchev–Trinajstić information content (AvgIpc) is 2.34. The normalized spacial score (nSPS) is 36.2. The molecule has 1 heterocycles. The summed E-state index contributed by atoms with van der Waals surface area (Å²) in [5, 5.41) is 28.8. The van der Waals surface area contributed by atoms with Crippen LogP contribution in [0.4, 0.5) is 0 Å². The monoisotopic (exact) mass is 262 g/mol. The van der Waals surface area contributed by atoms with E-state index < -0.39 is 36.7 Å². The number of hydrogen-bond donors (Lipinski definition) is 3. The SMILES string of the molecule is C=C(C)C(=O)OC[C@H]1O[C@H](OC)[C@H](O)[C@@H](O)[C@@H]1O. The molecule has 0 amide bonds. The summed E-state index contributed by atoms with van der Waals surface area (Å²) in [5.74, 6) is -0.625. The van der Waals surface area contributed by atoms with Crippen molar-refractivity contribution in [1.82, 2.24) is 0 Å². The van der Waals surface area contributed by atoms with Gasteiger partial charge in [0.25, 0.3) is 0 Å². The molecule has 18 heavy (non-hydrogen) atoms.